The van der Waals surface area contributed by atoms with Gasteiger partial charge in [0, 0.05) is 19.9 Å². The molecule has 1 aromatic heterocycles. The summed E-state index contributed by atoms with van der Waals surface area (Å²) < 4.78 is 11.8. The molecule has 4 atom stereocenters. The highest BCUT2D eigenvalue weighted by atomic mass is 16.6. The number of nitrogen functional groups attached to an aromatic ring is 1. The lowest BCUT2D eigenvalue weighted by molar-refractivity contribution is -0.0625. The van der Waals surface area contributed by atoms with Gasteiger partial charge in [0.05, 0.1) is 12.2 Å². The van der Waals surface area contributed by atoms with Gasteiger partial charge < -0.3 is 30.7 Å². The van der Waals surface area contributed by atoms with Gasteiger partial charge >= 0.3 is 5.69 Å². The Morgan fingerprint density at radius 2 is 2.10 bits per heavy atom. The Morgan fingerprint density at radius 3 is 2.77 bits per heavy atom. The van der Waals surface area contributed by atoms with E-state index in [4.69, 9.17) is 15.2 Å². The van der Waals surface area contributed by atoms with Gasteiger partial charge in [0.25, 0.3) is 5.91 Å². The van der Waals surface area contributed by atoms with Crippen molar-refractivity contribution in [2.45, 2.75) is 37.4 Å². The van der Waals surface area contributed by atoms with E-state index < -0.39 is 42.7 Å². The molecule has 0 aliphatic carbocycles. The van der Waals surface area contributed by atoms with Gasteiger partial charge in [0.15, 0.2) is 6.23 Å². The van der Waals surface area contributed by atoms with Gasteiger partial charge in [-0.1, -0.05) is 30.3 Å². The number of carbonyl (C=O) groups is 1. The van der Waals surface area contributed by atoms with E-state index in [2.05, 4.69) is 10.3 Å². The molecule has 0 saturated carbocycles. The average molecular weight is 418 g/mol. The number of aliphatic hydroxyl groups is 2. The van der Waals surface area contributed by atoms with E-state index in [0.29, 0.717) is 6.54 Å². The first-order valence-corrected chi connectivity index (χ1v) is 9.64. The molecule has 162 valence electrons. The Balaban J connectivity index is 1.71. The number of hydrogen-bond acceptors (Lipinski definition) is 8. The van der Waals surface area contributed by atoms with Crippen LogP contribution in [0.15, 0.2) is 41.3 Å². The van der Waals surface area contributed by atoms with Crippen molar-refractivity contribution in [2.75, 3.05) is 26.0 Å². The molecule has 30 heavy (non-hydrogen) atoms. The Kier molecular flexibility index (Phi) is 7.16. The van der Waals surface area contributed by atoms with Gasteiger partial charge in [-0.25, -0.2) is 4.79 Å². The van der Waals surface area contributed by atoms with Gasteiger partial charge in [-0.05, 0) is 18.4 Å². The smallest absolute Gasteiger partial charge is 0.351 e. The predicted molar refractivity (Wildman–Crippen MR) is 108 cm³/mol. The SMILES string of the molecule is CO[C@@H]1[C@@H](O)[C@@H](CO)O[C@H]1n1cc(C(=O)NCCCc2ccccc2)c(N)nc1=O. The summed E-state index contributed by atoms with van der Waals surface area (Å²) >= 11 is 0. The Hall–Kier alpha value is -2.79. The number of aryl methyl sites for hydroxylation is 1. The van der Waals surface area contributed by atoms with Crippen LogP contribution in [-0.2, 0) is 15.9 Å². The molecule has 10 heteroatoms. The second-order valence-corrected chi connectivity index (χ2v) is 7.01. The van der Waals surface area contributed by atoms with E-state index in [9.17, 15) is 19.8 Å². The highest BCUT2D eigenvalue weighted by Crippen LogP contribution is 2.30. The predicted octanol–water partition coefficient (Wildman–Crippen LogP) is -0.546. The maximum atomic E-state index is 12.6. The first-order valence-electron chi connectivity index (χ1n) is 9.64. The molecule has 5 N–H and O–H groups in total. The summed E-state index contributed by atoms with van der Waals surface area (Å²) in [6, 6.07) is 9.89. The summed E-state index contributed by atoms with van der Waals surface area (Å²) in [6.45, 7) is -0.0400. The van der Waals surface area contributed by atoms with Crippen molar-refractivity contribution >= 4 is 11.7 Å². The van der Waals surface area contributed by atoms with Crippen LogP contribution in [0.2, 0.25) is 0 Å². The molecule has 3 rings (SSSR count). The zero-order chi connectivity index (χ0) is 21.7. The third-order valence-electron chi connectivity index (χ3n) is 5.04. The normalized spacial score (nSPS) is 23.4. The molecular weight excluding hydrogens is 392 g/mol. The molecule has 0 spiro atoms. The maximum Gasteiger partial charge on any atom is 0.351 e. The van der Waals surface area contributed by atoms with Crippen molar-refractivity contribution in [2.24, 2.45) is 0 Å². The first kappa shape index (κ1) is 21.9. The van der Waals surface area contributed by atoms with E-state index >= 15 is 0 Å². The summed E-state index contributed by atoms with van der Waals surface area (Å²) in [5.41, 5.74) is 6.21. The number of aliphatic hydroxyl groups excluding tert-OH is 2. The van der Waals surface area contributed by atoms with E-state index in [-0.39, 0.29) is 11.4 Å². The number of rotatable bonds is 8. The van der Waals surface area contributed by atoms with Crippen molar-refractivity contribution < 1.29 is 24.5 Å². The molecule has 1 saturated heterocycles. The average Bonchev–Trinajstić information content (AvgIpc) is 3.07. The molecular formula is C20H26N4O6. The second-order valence-electron chi connectivity index (χ2n) is 7.01. The molecule has 0 bridgehead atoms. The molecule has 1 fully saturated rings. The number of amides is 1. The number of hydrogen-bond donors (Lipinski definition) is 4. The Bertz CT molecular complexity index is 919. The number of anilines is 1. The number of ether oxygens (including phenoxy) is 2. The van der Waals surface area contributed by atoms with Crippen molar-refractivity contribution in [3.05, 3.63) is 58.1 Å². The summed E-state index contributed by atoms with van der Waals surface area (Å²) in [4.78, 5) is 28.6. The molecule has 1 amide bonds. The Morgan fingerprint density at radius 1 is 1.37 bits per heavy atom. The lowest BCUT2D eigenvalue weighted by atomic mass is 10.1. The van der Waals surface area contributed by atoms with E-state index in [1.54, 1.807) is 0 Å². The number of methoxy groups -OCH3 is 1. The topological polar surface area (TPSA) is 149 Å². The van der Waals surface area contributed by atoms with Crippen LogP contribution in [0.3, 0.4) is 0 Å². The van der Waals surface area contributed by atoms with Crippen LogP contribution in [0, 0.1) is 0 Å². The minimum absolute atomic E-state index is 0.00898. The van der Waals surface area contributed by atoms with Crippen LogP contribution in [0.5, 0.6) is 0 Å². The van der Waals surface area contributed by atoms with Gasteiger partial charge in [-0.15, -0.1) is 0 Å². The number of nitrogens with zero attached hydrogens (tertiary/aromatic N) is 2. The van der Waals surface area contributed by atoms with Crippen LogP contribution in [0.25, 0.3) is 0 Å². The highest BCUT2D eigenvalue weighted by Gasteiger charge is 2.45. The molecule has 2 heterocycles. The minimum Gasteiger partial charge on any atom is -0.394 e. The maximum absolute atomic E-state index is 12.6. The largest absolute Gasteiger partial charge is 0.394 e. The van der Waals surface area contributed by atoms with Crippen molar-refractivity contribution in [1.82, 2.24) is 14.9 Å². The summed E-state index contributed by atoms with van der Waals surface area (Å²) in [7, 11) is 1.35. The van der Waals surface area contributed by atoms with Crippen molar-refractivity contribution in [3.63, 3.8) is 0 Å². The fourth-order valence-corrected chi connectivity index (χ4v) is 3.42. The summed E-state index contributed by atoms with van der Waals surface area (Å²) in [5.74, 6) is -0.684. The lowest BCUT2D eigenvalue weighted by Crippen LogP contribution is -2.38. The molecule has 0 radical (unpaired) electrons. The number of nitrogens with two attached hydrogens (primary N) is 1. The zero-order valence-corrected chi connectivity index (χ0v) is 16.6. The van der Waals surface area contributed by atoms with Crippen LogP contribution >= 0.6 is 0 Å². The lowest BCUT2D eigenvalue weighted by Gasteiger charge is -2.21. The third kappa shape index (κ3) is 4.68. The zero-order valence-electron chi connectivity index (χ0n) is 16.6. The number of nitrogens with one attached hydrogen (secondary N) is 1. The molecule has 2 aromatic rings. The summed E-state index contributed by atoms with van der Waals surface area (Å²) in [6.07, 6.45) is -1.30. The highest BCUT2D eigenvalue weighted by molar-refractivity contribution is 5.97. The van der Waals surface area contributed by atoms with E-state index in [0.717, 1.165) is 17.4 Å². The first-order chi connectivity index (χ1) is 14.5. The van der Waals surface area contributed by atoms with E-state index in [1.807, 2.05) is 30.3 Å². The van der Waals surface area contributed by atoms with Crippen LogP contribution in [0.4, 0.5) is 5.82 Å². The van der Waals surface area contributed by atoms with Crippen molar-refractivity contribution in [1.29, 1.82) is 0 Å². The third-order valence-corrected chi connectivity index (χ3v) is 5.04. The van der Waals surface area contributed by atoms with Crippen LogP contribution < -0.4 is 16.7 Å². The van der Waals surface area contributed by atoms with Gasteiger partial charge in [-0.2, -0.15) is 4.98 Å². The second kappa shape index (κ2) is 9.81. The molecule has 0 unspecified atom stereocenters. The van der Waals surface area contributed by atoms with Gasteiger partial charge in [0.2, 0.25) is 0 Å². The van der Waals surface area contributed by atoms with Gasteiger partial charge in [0.1, 0.15) is 24.1 Å². The van der Waals surface area contributed by atoms with Crippen molar-refractivity contribution in [3.8, 4) is 0 Å². The quantitative estimate of drug-likeness (QED) is 0.418. The standard InChI is InChI=1S/C20H26N4O6/c1-29-16-15(26)14(11-25)30-19(16)24-10-13(17(21)23-20(24)28)18(27)22-9-5-8-12-6-3-2-4-7-12/h2-4,6-7,10,14-16,19,25-26H,5,8-9,11H2,1H3,(H,22,27)(H2,21,23,28)/t14-,15+,16-,19-/m1/s1. The van der Waals surface area contributed by atoms with Crippen LogP contribution in [0.1, 0.15) is 28.6 Å². The van der Waals surface area contributed by atoms with Crippen LogP contribution in [-0.4, -0.2) is 64.2 Å². The molecule has 1 aliphatic heterocycles. The molecule has 1 aromatic carbocycles. The number of aromatic nitrogens is 2. The number of benzene rings is 1. The minimum atomic E-state index is -1.15. The Labute approximate surface area is 173 Å². The monoisotopic (exact) mass is 418 g/mol. The fourth-order valence-electron chi connectivity index (χ4n) is 3.42. The fraction of sp³-hybridized carbons (Fsp3) is 0.450. The summed E-state index contributed by atoms with van der Waals surface area (Å²) in [5, 5.41) is 22.3. The molecule has 10 nitrogen and oxygen atoms in total. The van der Waals surface area contributed by atoms with Gasteiger partial charge in [-0.3, -0.25) is 9.36 Å². The van der Waals surface area contributed by atoms with E-state index in [1.165, 1.54) is 18.9 Å². The molecule has 1 aliphatic rings. The number of carbonyl (C=O) groups excluding carboxylic acids is 1.